The number of carbonyl (C=O) groups is 2. The summed E-state index contributed by atoms with van der Waals surface area (Å²) in [5.74, 6) is 1.33. The largest absolute Gasteiger partial charge is 0.481 e. The van der Waals surface area contributed by atoms with Crippen LogP contribution in [-0.2, 0) is 15.1 Å². The molecule has 0 radical (unpaired) electrons. The Hall–Kier alpha value is -3.30. The average molecular weight is 566 g/mol. The number of aryl methyl sites for hydroxylation is 1. The minimum absolute atomic E-state index is 0.116. The Morgan fingerprint density at radius 3 is 2.49 bits per heavy atom. The minimum Gasteiger partial charge on any atom is -0.481 e. The number of hydrogen-bond acceptors (Lipinski definition) is 7. The van der Waals surface area contributed by atoms with E-state index in [1.807, 2.05) is 49.8 Å². The number of likely N-dealkylation sites (tertiary alicyclic amines) is 2. The molecular formula is C31H43N5O5. The molecule has 1 atom stereocenters. The molecule has 0 aromatic carbocycles. The SMILES string of the molecule is Cc1cc2c(cn1)-c1nn(C3CCN(C(=O)OC(C)(C)C)C(C)(C)C3)cc1C1(CCN(C(=O)OCC3CC3)CC1)O2. The normalized spacial score (nSPS) is 22.9. The number of piperidine rings is 2. The van der Waals surface area contributed by atoms with Crippen molar-refractivity contribution >= 4 is 12.2 Å². The maximum absolute atomic E-state index is 13.0. The van der Waals surface area contributed by atoms with E-state index >= 15 is 0 Å². The van der Waals surface area contributed by atoms with Gasteiger partial charge in [-0.1, -0.05) is 0 Å². The Morgan fingerprint density at radius 2 is 1.83 bits per heavy atom. The van der Waals surface area contributed by atoms with E-state index < -0.39 is 16.7 Å². The maximum Gasteiger partial charge on any atom is 0.410 e. The number of fused-ring (bicyclic) bond motifs is 4. The molecule has 5 heterocycles. The van der Waals surface area contributed by atoms with Crippen LogP contribution in [0.2, 0.25) is 0 Å². The number of ether oxygens (including phenoxy) is 3. The second-order valence-corrected chi connectivity index (χ2v) is 13.9. The highest BCUT2D eigenvalue weighted by Crippen LogP contribution is 2.50. The van der Waals surface area contributed by atoms with Crippen LogP contribution in [0.3, 0.4) is 0 Å². The van der Waals surface area contributed by atoms with Crippen LogP contribution in [0.5, 0.6) is 5.75 Å². The molecule has 6 rings (SSSR count). The lowest BCUT2D eigenvalue weighted by Gasteiger charge is -2.45. The van der Waals surface area contributed by atoms with Crippen molar-refractivity contribution in [3.8, 4) is 17.0 Å². The molecule has 2 amide bonds. The van der Waals surface area contributed by atoms with Gasteiger partial charge in [0.25, 0.3) is 0 Å². The summed E-state index contributed by atoms with van der Waals surface area (Å²) in [6.07, 6.45) is 8.65. The van der Waals surface area contributed by atoms with Gasteiger partial charge in [-0.05, 0) is 73.1 Å². The lowest BCUT2D eigenvalue weighted by molar-refractivity contribution is -0.0144. The van der Waals surface area contributed by atoms with Crippen LogP contribution < -0.4 is 4.74 Å². The lowest BCUT2D eigenvalue weighted by atomic mass is 9.81. The van der Waals surface area contributed by atoms with Crippen molar-refractivity contribution in [2.75, 3.05) is 26.2 Å². The molecule has 3 fully saturated rings. The molecule has 4 aliphatic rings. The molecule has 1 unspecified atom stereocenters. The van der Waals surface area contributed by atoms with E-state index in [4.69, 9.17) is 19.3 Å². The summed E-state index contributed by atoms with van der Waals surface area (Å²) in [6.45, 7) is 14.1. The molecule has 0 N–H and O–H groups in total. The minimum atomic E-state index is -0.575. The van der Waals surface area contributed by atoms with E-state index in [9.17, 15) is 9.59 Å². The van der Waals surface area contributed by atoms with Gasteiger partial charge in [-0.15, -0.1) is 0 Å². The molecule has 0 bridgehead atoms. The molecule has 41 heavy (non-hydrogen) atoms. The summed E-state index contributed by atoms with van der Waals surface area (Å²) in [5, 5.41) is 5.16. The second kappa shape index (κ2) is 9.91. The fraction of sp³-hybridized carbons (Fsp3) is 0.677. The third-order valence-corrected chi connectivity index (χ3v) is 8.89. The van der Waals surface area contributed by atoms with Gasteiger partial charge >= 0.3 is 12.2 Å². The standard InChI is InChI=1S/C31H43N5O5/c1-20-15-25-23(17-32-20)26-24(31(40-25)10-13-34(14-11-31)27(37)39-19-21-7-8-21)18-36(33-26)22-9-12-35(30(5,6)16-22)28(38)41-29(2,3)4/h15,17-18,21-22H,7-14,16,19H2,1-6H3. The van der Waals surface area contributed by atoms with Crippen molar-refractivity contribution in [1.29, 1.82) is 0 Å². The fourth-order valence-corrected chi connectivity index (χ4v) is 6.41. The summed E-state index contributed by atoms with van der Waals surface area (Å²) < 4.78 is 20.1. The summed E-state index contributed by atoms with van der Waals surface area (Å²) in [5.41, 5.74) is 2.22. The molecule has 1 saturated carbocycles. The molecule has 10 heteroatoms. The van der Waals surface area contributed by atoms with E-state index in [1.54, 1.807) is 0 Å². The van der Waals surface area contributed by atoms with Crippen molar-refractivity contribution in [1.82, 2.24) is 24.6 Å². The van der Waals surface area contributed by atoms with Gasteiger partial charge in [-0.3, -0.25) is 9.67 Å². The van der Waals surface area contributed by atoms with Crippen molar-refractivity contribution in [3.05, 3.63) is 29.7 Å². The zero-order valence-electron chi connectivity index (χ0n) is 25.2. The van der Waals surface area contributed by atoms with Gasteiger partial charge in [0.15, 0.2) is 0 Å². The van der Waals surface area contributed by atoms with Gasteiger partial charge in [0.05, 0.1) is 18.2 Å². The Bertz CT molecular complexity index is 1330. The van der Waals surface area contributed by atoms with Crippen LogP contribution in [0, 0.1) is 12.8 Å². The third kappa shape index (κ3) is 5.49. The molecule has 10 nitrogen and oxygen atoms in total. The van der Waals surface area contributed by atoms with Gasteiger partial charge in [0.2, 0.25) is 0 Å². The van der Waals surface area contributed by atoms with Crippen molar-refractivity contribution in [2.45, 2.75) is 103 Å². The molecule has 1 aliphatic carbocycles. The zero-order chi connectivity index (χ0) is 29.2. The van der Waals surface area contributed by atoms with Crippen LogP contribution in [-0.4, -0.2) is 74.1 Å². The number of aromatic nitrogens is 3. The maximum atomic E-state index is 13.0. The number of amides is 2. The predicted molar refractivity (Wildman–Crippen MR) is 153 cm³/mol. The smallest absolute Gasteiger partial charge is 0.410 e. The van der Waals surface area contributed by atoms with Gasteiger partial charge in [0.1, 0.15) is 22.6 Å². The van der Waals surface area contributed by atoms with Crippen molar-refractivity contribution in [2.24, 2.45) is 5.92 Å². The van der Waals surface area contributed by atoms with Crippen LogP contribution in [0.25, 0.3) is 11.3 Å². The monoisotopic (exact) mass is 565 g/mol. The molecule has 222 valence electrons. The molecule has 2 saturated heterocycles. The summed E-state index contributed by atoms with van der Waals surface area (Å²) in [6, 6.07) is 2.10. The number of nitrogens with zero attached hydrogens (tertiary/aromatic N) is 5. The van der Waals surface area contributed by atoms with Crippen molar-refractivity contribution in [3.63, 3.8) is 0 Å². The van der Waals surface area contributed by atoms with Gasteiger partial charge < -0.3 is 24.0 Å². The number of rotatable bonds is 3. The highest BCUT2D eigenvalue weighted by molar-refractivity contribution is 5.73. The van der Waals surface area contributed by atoms with E-state index in [1.165, 1.54) is 0 Å². The fourth-order valence-electron chi connectivity index (χ4n) is 6.41. The first-order chi connectivity index (χ1) is 19.3. The Labute approximate surface area is 242 Å². The predicted octanol–water partition coefficient (Wildman–Crippen LogP) is 5.83. The van der Waals surface area contributed by atoms with Crippen LogP contribution in [0.4, 0.5) is 9.59 Å². The zero-order valence-corrected chi connectivity index (χ0v) is 25.2. The van der Waals surface area contributed by atoms with Gasteiger partial charge in [-0.2, -0.15) is 5.10 Å². The second-order valence-electron chi connectivity index (χ2n) is 13.9. The highest BCUT2D eigenvalue weighted by atomic mass is 16.6. The first-order valence-corrected chi connectivity index (χ1v) is 15.0. The van der Waals surface area contributed by atoms with Gasteiger partial charge in [0, 0.05) is 67.7 Å². The summed E-state index contributed by atoms with van der Waals surface area (Å²) in [7, 11) is 0. The topological polar surface area (TPSA) is 99.0 Å². The molecule has 2 aromatic heterocycles. The number of hydrogen-bond donors (Lipinski definition) is 0. The molecule has 2 aromatic rings. The van der Waals surface area contributed by atoms with Gasteiger partial charge in [-0.25, -0.2) is 9.59 Å². The lowest BCUT2D eigenvalue weighted by Crippen LogP contribution is -2.54. The summed E-state index contributed by atoms with van der Waals surface area (Å²) >= 11 is 0. The van der Waals surface area contributed by atoms with E-state index in [0.717, 1.165) is 53.9 Å². The summed E-state index contributed by atoms with van der Waals surface area (Å²) in [4.78, 5) is 33.9. The van der Waals surface area contributed by atoms with E-state index in [-0.39, 0.29) is 18.2 Å². The Balaban J connectivity index is 1.25. The van der Waals surface area contributed by atoms with Crippen LogP contribution >= 0.6 is 0 Å². The van der Waals surface area contributed by atoms with E-state index in [0.29, 0.717) is 45.0 Å². The quantitative estimate of drug-likeness (QED) is 0.461. The highest BCUT2D eigenvalue weighted by Gasteiger charge is 2.48. The molecular weight excluding hydrogens is 522 g/mol. The average Bonchev–Trinajstić information content (AvgIpc) is 3.61. The Morgan fingerprint density at radius 1 is 1.10 bits per heavy atom. The van der Waals surface area contributed by atoms with E-state index in [2.05, 4.69) is 29.7 Å². The first-order valence-electron chi connectivity index (χ1n) is 15.0. The molecule has 1 spiro atoms. The van der Waals surface area contributed by atoms with Crippen LogP contribution in [0.15, 0.2) is 18.5 Å². The van der Waals surface area contributed by atoms with Crippen LogP contribution in [0.1, 0.15) is 90.4 Å². The van der Waals surface area contributed by atoms with Crippen molar-refractivity contribution < 1.29 is 23.8 Å². The Kier molecular flexibility index (Phi) is 6.73. The number of pyridine rings is 1. The number of carbonyl (C=O) groups excluding carboxylic acids is 2. The molecule has 3 aliphatic heterocycles. The first kappa shape index (κ1) is 27.8. The third-order valence-electron chi connectivity index (χ3n) is 8.89.